The van der Waals surface area contributed by atoms with Crippen LogP contribution in [0.5, 0.6) is 0 Å². The van der Waals surface area contributed by atoms with Crippen molar-refractivity contribution in [2.75, 3.05) is 0 Å². The average molecular weight is 198 g/mol. The standard InChI is InChI=1S/C8H14N4O2/c1-3-8(2,9)7(13)10-4-6-11-5-14-12-6/h5H,3-4,9H2,1-2H3,(H,10,13). The highest BCUT2D eigenvalue weighted by molar-refractivity contribution is 5.85. The van der Waals surface area contributed by atoms with E-state index in [0.29, 0.717) is 12.2 Å². The van der Waals surface area contributed by atoms with Crippen LogP contribution in [0.15, 0.2) is 10.9 Å². The van der Waals surface area contributed by atoms with E-state index in [1.54, 1.807) is 6.92 Å². The van der Waals surface area contributed by atoms with E-state index < -0.39 is 5.54 Å². The smallest absolute Gasteiger partial charge is 0.240 e. The van der Waals surface area contributed by atoms with Crippen molar-refractivity contribution in [3.8, 4) is 0 Å². The third kappa shape index (κ3) is 2.53. The van der Waals surface area contributed by atoms with Gasteiger partial charge in [-0.2, -0.15) is 4.98 Å². The van der Waals surface area contributed by atoms with Crippen molar-refractivity contribution >= 4 is 5.91 Å². The van der Waals surface area contributed by atoms with Gasteiger partial charge in [-0.1, -0.05) is 12.1 Å². The molecule has 14 heavy (non-hydrogen) atoms. The SMILES string of the molecule is CCC(C)(N)C(=O)NCc1ncon1. The van der Waals surface area contributed by atoms with Gasteiger partial charge in [0, 0.05) is 0 Å². The molecule has 0 aliphatic rings. The summed E-state index contributed by atoms with van der Waals surface area (Å²) in [5, 5.41) is 6.18. The zero-order chi connectivity index (χ0) is 10.6. The van der Waals surface area contributed by atoms with Gasteiger partial charge in [-0.15, -0.1) is 0 Å². The summed E-state index contributed by atoms with van der Waals surface area (Å²) in [5.41, 5.74) is 4.88. The third-order valence-electron chi connectivity index (χ3n) is 2.07. The first-order valence-electron chi connectivity index (χ1n) is 4.38. The summed E-state index contributed by atoms with van der Waals surface area (Å²) in [6.45, 7) is 3.77. The molecule has 6 nitrogen and oxygen atoms in total. The van der Waals surface area contributed by atoms with Crippen LogP contribution in [0.3, 0.4) is 0 Å². The Morgan fingerprint density at radius 3 is 3.00 bits per heavy atom. The molecule has 0 aromatic carbocycles. The van der Waals surface area contributed by atoms with E-state index in [0.717, 1.165) is 0 Å². The number of hydrogen-bond acceptors (Lipinski definition) is 5. The summed E-state index contributed by atoms with van der Waals surface area (Å²) in [7, 11) is 0. The van der Waals surface area contributed by atoms with E-state index in [2.05, 4.69) is 20.0 Å². The highest BCUT2D eigenvalue weighted by atomic mass is 16.5. The zero-order valence-corrected chi connectivity index (χ0v) is 8.28. The topological polar surface area (TPSA) is 94.0 Å². The minimum atomic E-state index is -0.844. The van der Waals surface area contributed by atoms with Gasteiger partial charge in [0.2, 0.25) is 12.3 Å². The molecule has 1 atom stereocenters. The molecule has 6 heteroatoms. The molecule has 3 N–H and O–H groups in total. The van der Waals surface area contributed by atoms with Crippen LogP contribution in [0.2, 0.25) is 0 Å². The molecule has 1 amide bonds. The Kier molecular flexibility index (Phi) is 3.19. The minimum absolute atomic E-state index is 0.218. The van der Waals surface area contributed by atoms with Crippen molar-refractivity contribution in [2.24, 2.45) is 5.73 Å². The Morgan fingerprint density at radius 2 is 2.50 bits per heavy atom. The molecule has 0 saturated carbocycles. The van der Waals surface area contributed by atoms with Gasteiger partial charge >= 0.3 is 0 Å². The Labute approximate surface area is 81.9 Å². The van der Waals surface area contributed by atoms with E-state index in [4.69, 9.17) is 5.73 Å². The molecule has 1 aromatic rings. The monoisotopic (exact) mass is 198 g/mol. The molecule has 0 saturated heterocycles. The summed E-state index contributed by atoms with van der Waals surface area (Å²) in [6, 6.07) is 0. The van der Waals surface area contributed by atoms with Gasteiger partial charge in [-0.05, 0) is 13.3 Å². The van der Waals surface area contributed by atoms with Gasteiger partial charge in [-0.3, -0.25) is 4.79 Å². The predicted octanol–water partition coefficient (Wildman–Crippen LogP) is -0.187. The second-order valence-corrected chi connectivity index (χ2v) is 3.30. The number of nitrogens with zero attached hydrogens (tertiary/aromatic N) is 2. The Hall–Kier alpha value is -1.43. The average Bonchev–Trinajstić information content (AvgIpc) is 2.66. The molecule has 1 unspecified atom stereocenters. The summed E-state index contributed by atoms with van der Waals surface area (Å²) in [6.07, 6.45) is 1.79. The Balaban J connectivity index is 2.43. The second-order valence-electron chi connectivity index (χ2n) is 3.30. The molecule has 0 bridgehead atoms. The lowest BCUT2D eigenvalue weighted by atomic mass is 10.00. The summed E-state index contributed by atoms with van der Waals surface area (Å²) < 4.78 is 4.52. The van der Waals surface area contributed by atoms with Crippen LogP contribution < -0.4 is 11.1 Å². The van der Waals surface area contributed by atoms with Crippen LogP contribution in [-0.4, -0.2) is 21.6 Å². The Morgan fingerprint density at radius 1 is 1.79 bits per heavy atom. The van der Waals surface area contributed by atoms with Crippen LogP contribution in [-0.2, 0) is 11.3 Å². The fourth-order valence-corrected chi connectivity index (χ4v) is 0.792. The molecule has 0 fully saturated rings. The highest BCUT2D eigenvalue weighted by Crippen LogP contribution is 2.04. The number of carbonyl (C=O) groups is 1. The van der Waals surface area contributed by atoms with E-state index in [1.165, 1.54) is 6.39 Å². The van der Waals surface area contributed by atoms with E-state index in [1.807, 2.05) is 6.92 Å². The summed E-state index contributed by atoms with van der Waals surface area (Å²) >= 11 is 0. The van der Waals surface area contributed by atoms with Crippen LogP contribution in [0.1, 0.15) is 26.1 Å². The quantitative estimate of drug-likeness (QED) is 0.699. The molecular weight excluding hydrogens is 184 g/mol. The number of rotatable bonds is 4. The summed E-state index contributed by atoms with van der Waals surface area (Å²) in [5.74, 6) is 0.218. The van der Waals surface area contributed by atoms with E-state index in [9.17, 15) is 4.79 Å². The molecule has 0 spiro atoms. The first kappa shape index (κ1) is 10.6. The maximum Gasteiger partial charge on any atom is 0.240 e. The first-order valence-corrected chi connectivity index (χ1v) is 4.38. The van der Waals surface area contributed by atoms with Crippen molar-refractivity contribution in [3.05, 3.63) is 12.2 Å². The number of amides is 1. The molecular formula is C8H14N4O2. The highest BCUT2D eigenvalue weighted by Gasteiger charge is 2.25. The van der Waals surface area contributed by atoms with Gasteiger partial charge in [-0.25, -0.2) is 0 Å². The molecule has 1 rings (SSSR count). The van der Waals surface area contributed by atoms with Crippen LogP contribution in [0.4, 0.5) is 0 Å². The predicted molar refractivity (Wildman–Crippen MR) is 49.0 cm³/mol. The van der Waals surface area contributed by atoms with Gasteiger partial charge in [0.25, 0.3) is 0 Å². The van der Waals surface area contributed by atoms with E-state index in [-0.39, 0.29) is 12.5 Å². The molecule has 1 aromatic heterocycles. The Bertz CT molecular complexity index is 294. The minimum Gasteiger partial charge on any atom is -0.347 e. The first-order chi connectivity index (χ1) is 6.56. The van der Waals surface area contributed by atoms with Crippen molar-refractivity contribution in [1.29, 1.82) is 0 Å². The van der Waals surface area contributed by atoms with E-state index >= 15 is 0 Å². The normalized spacial score (nSPS) is 14.8. The fraction of sp³-hybridized carbons (Fsp3) is 0.625. The third-order valence-corrected chi connectivity index (χ3v) is 2.07. The fourth-order valence-electron chi connectivity index (χ4n) is 0.792. The van der Waals surface area contributed by atoms with Crippen molar-refractivity contribution in [1.82, 2.24) is 15.5 Å². The zero-order valence-electron chi connectivity index (χ0n) is 8.28. The van der Waals surface area contributed by atoms with Gasteiger partial charge in [0.15, 0.2) is 5.82 Å². The lowest BCUT2D eigenvalue weighted by molar-refractivity contribution is -0.126. The maximum atomic E-state index is 11.5. The largest absolute Gasteiger partial charge is 0.347 e. The van der Waals surface area contributed by atoms with Crippen LogP contribution in [0, 0.1) is 0 Å². The number of hydrogen-bond donors (Lipinski definition) is 2. The van der Waals surface area contributed by atoms with Crippen molar-refractivity contribution in [3.63, 3.8) is 0 Å². The van der Waals surface area contributed by atoms with Crippen LogP contribution in [0.25, 0.3) is 0 Å². The molecule has 78 valence electrons. The lowest BCUT2D eigenvalue weighted by Gasteiger charge is -2.20. The van der Waals surface area contributed by atoms with Gasteiger partial charge in [0.1, 0.15) is 0 Å². The molecule has 0 aliphatic heterocycles. The number of carbonyl (C=O) groups excluding carboxylic acids is 1. The van der Waals surface area contributed by atoms with Gasteiger partial charge < -0.3 is 15.6 Å². The summed E-state index contributed by atoms with van der Waals surface area (Å²) in [4.78, 5) is 15.2. The van der Waals surface area contributed by atoms with Crippen molar-refractivity contribution < 1.29 is 9.32 Å². The van der Waals surface area contributed by atoms with Crippen molar-refractivity contribution in [2.45, 2.75) is 32.4 Å². The molecule has 0 radical (unpaired) electrons. The van der Waals surface area contributed by atoms with Gasteiger partial charge in [0.05, 0.1) is 12.1 Å². The number of nitrogens with two attached hydrogens (primary N) is 1. The second kappa shape index (κ2) is 4.19. The number of nitrogens with one attached hydrogen (secondary N) is 1. The number of aromatic nitrogens is 2. The molecule has 0 aliphatic carbocycles. The lowest BCUT2D eigenvalue weighted by Crippen LogP contribution is -2.50. The molecule has 1 heterocycles. The maximum absolute atomic E-state index is 11.5. The van der Waals surface area contributed by atoms with Crippen LogP contribution >= 0.6 is 0 Å².